The SMILES string of the molecule is C[C@@H](C(=O)N1CCCC[C@@H]1Cn1cccn1)S(C)(=O)=O. The Kier molecular flexibility index (Phi) is 4.47. The van der Waals surface area contributed by atoms with Crippen LogP contribution in [0.5, 0.6) is 0 Å². The van der Waals surface area contributed by atoms with Gasteiger partial charge in [0.15, 0.2) is 9.84 Å². The van der Waals surface area contributed by atoms with Crippen LogP contribution in [-0.2, 0) is 21.2 Å². The highest BCUT2D eigenvalue weighted by Gasteiger charge is 2.33. The van der Waals surface area contributed by atoms with Gasteiger partial charge in [-0.15, -0.1) is 0 Å². The molecule has 20 heavy (non-hydrogen) atoms. The van der Waals surface area contributed by atoms with Crippen LogP contribution >= 0.6 is 0 Å². The zero-order chi connectivity index (χ0) is 14.8. The first kappa shape index (κ1) is 15.0. The number of amides is 1. The maximum atomic E-state index is 12.4. The van der Waals surface area contributed by atoms with Gasteiger partial charge in [0.2, 0.25) is 5.91 Å². The lowest BCUT2D eigenvalue weighted by atomic mass is 10.0. The first-order valence-electron chi connectivity index (χ1n) is 6.86. The second kappa shape index (κ2) is 5.95. The Bertz CT molecular complexity index is 553. The first-order valence-corrected chi connectivity index (χ1v) is 8.82. The molecular formula is C13H21N3O3S. The molecule has 0 radical (unpaired) electrons. The maximum absolute atomic E-state index is 12.4. The molecule has 0 unspecified atom stereocenters. The zero-order valence-electron chi connectivity index (χ0n) is 11.9. The summed E-state index contributed by atoms with van der Waals surface area (Å²) in [5.41, 5.74) is 0. The standard InChI is InChI=1S/C13H21N3O3S/c1-11(20(2,18)19)13(17)16-9-4-3-6-12(16)10-15-8-5-7-14-15/h5,7-8,11-12H,3-4,6,9-10H2,1-2H3/t11-,12+/m0/s1. The molecule has 1 aromatic rings. The molecule has 0 N–H and O–H groups in total. The summed E-state index contributed by atoms with van der Waals surface area (Å²) in [6.07, 6.45) is 7.55. The van der Waals surface area contributed by atoms with Gasteiger partial charge < -0.3 is 4.90 Å². The number of piperidine rings is 1. The van der Waals surface area contributed by atoms with Crippen LogP contribution in [0, 0.1) is 0 Å². The molecule has 1 fully saturated rings. The minimum atomic E-state index is -3.35. The molecule has 0 aromatic carbocycles. The molecule has 0 aliphatic carbocycles. The van der Waals surface area contributed by atoms with Gasteiger partial charge in [0, 0.05) is 25.2 Å². The van der Waals surface area contributed by atoms with Crippen LogP contribution in [0.15, 0.2) is 18.5 Å². The summed E-state index contributed by atoms with van der Waals surface area (Å²) in [4.78, 5) is 14.1. The van der Waals surface area contributed by atoms with Crippen molar-refractivity contribution in [2.24, 2.45) is 0 Å². The third kappa shape index (κ3) is 3.39. The number of carbonyl (C=O) groups excluding carboxylic acids is 1. The number of hydrogen-bond donors (Lipinski definition) is 0. The lowest BCUT2D eigenvalue weighted by Gasteiger charge is -2.37. The largest absolute Gasteiger partial charge is 0.337 e. The van der Waals surface area contributed by atoms with Gasteiger partial charge in [0.05, 0.1) is 12.6 Å². The van der Waals surface area contributed by atoms with E-state index in [4.69, 9.17) is 0 Å². The average Bonchev–Trinajstić information content (AvgIpc) is 2.89. The van der Waals surface area contributed by atoms with E-state index < -0.39 is 15.1 Å². The minimum Gasteiger partial charge on any atom is -0.337 e. The van der Waals surface area contributed by atoms with Crippen molar-refractivity contribution in [3.05, 3.63) is 18.5 Å². The Morgan fingerprint density at radius 3 is 2.80 bits per heavy atom. The average molecular weight is 299 g/mol. The van der Waals surface area contributed by atoms with Crippen molar-refractivity contribution < 1.29 is 13.2 Å². The molecular weight excluding hydrogens is 278 g/mol. The molecule has 2 atom stereocenters. The predicted octanol–water partition coefficient (Wildman–Crippen LogP) is 0.697. The quantitative estimate of drug-likeness (QED) is 0.820. The summed E-state index contributed by atoms with van der Waals surface area (Å²) in [5, 5.41) is 3.19. The zero-order valence-corrected chi connectivity index (χ0v) is 12.7. The van der Waals surface area contributed by atoms with E-state index in [2.05, 4.69) is 5.10 Å². The van der Waals surface area contributed by atoms with Crippen LogP contribution in [0.2, 0.25) is 0 Å². The maximum Gasteiger partial charge on any atom is 0.240 e. The second-order valence-corrected chi connectivity index (χ2v) is 7.75. The predicted molar refractivity (Wildman–Crippen MR) is 75.9 cm³/mol. The Labute approximate surface area is 119 Å². The minimum absolute atomic E-state index is 0.0281. The molecule has 1 amide bonds. The number of likely N-dealkylation sites (tertiary alicyclic amines) is 1. The van der Waals surface area contributed by atoms with E-state index in [0.717, 1.165) is 25.5 Å². The fraction of sp³-hybridized carbons (Fsp3) is 0.692. The van der Waals surface area contributed by atoms with E-state index in [9.17, 15) is 13.2 Å². The van der Waals surface area contributed by atoms with E-state index in [0.29, 0.717) is 13.1 Å². The molecule has 6 nitrogen and oxygen atoms in total. The van der Waals surface area contributed by atoms with Gasteiger partial charge in [0.25, 0.3) is 0 Å². The van der Waals surface area contributed by atoms with E-state index in [-0.39, 0.29) is 11.9 Å². The van der Waals surface area contributed by atoms with Crippen molar-refractivity contribution >= 4 is 15.7 Å². The second-order valence-electron chi connectivity index (χ2n) is 5.38. The van der Waals surface area contributed by atoms with Crippen molar-refractivity contribution in [3.8, 4) is 0 Å². The molecule has 2 heterocycles. The van der Waals surface area contributed by atoms with Crippen LogP contribution in [0.3, 0.4) is 0 Å². The van der Waals surface area contributed by atoms with Crippen LogP contribution in [0.4, 0.5) is 0 Å². The topological polar surface area (TPSA) is 72.3 Å². The number of nitrogens with zero attached hydrogens (tertiary/aromatic N) is 3. The third-order valence-electron chi connectivity index (χ3n) is 3.86. The number of aromatic nitrogens is 2. The van der Waals surface area contributed by atoms with Crippen LogP contribution in [0.1, 0.15) is 26.2 Å². The molecule has 1 aliphatic rings. The Morgan fingerprint density at radius 1 is 1.45 bits per heavy atom. The van der Waals surface area contributed by atoms with Crippen LogP contribution < -0.4 is 0 Å². The van der Waals surface area contributed by atoms with Gasteiger partial charge in [-0.25, -0.2) is 8.42 Å². The summed E-state index contributed by atoms with van der Waals surface area (Å²) in [6, 6.07) is 1.87. The molecule has 0 saturated carbocycles. The number of carbonyl (C=O) groups is 1. The Morgan fingerprint density at radius 2 is 2.20 bits per heavy atom. The van der Waals surface area contributed by atoms with Gasteiger partial charge in [-0.05, 0) is 32.3 Å². The van der Waals surface area contributed by atoms with Crippen molar-refractivity contribution in [3.63, 3.8) is 0 Å². The normalized spacial score (nSPS) is 21.7. The van der Waals surface area contributed by atoms with Crippen molar-refractivity contribution in [2.75, 3.05) is 12.8 Å². The summed E-state index contributed by atoms with van der Waals surface area (Å²) in [5.74, 6) is -0.288. The van der Waals surface area contributed by atoms with Crippen molar-refractivity contribution in [1.82, 2.24) is 14.7 Å². The van der Waals surface area contributed by atoms with Gasteiger partial charge >= 0.3 is 0 Å². The molecule has 112 valence electrons. The Hall–Kier alpha value is -1.37. The highest BCUT2D eigenvalue weighted by atomic mass is 32.2. The number of rotatable bonds is 4. The van der Waals surface area contributed by atoms with Crippen LogP contribution in [0.25, 0.3) is 0 Å². The summed E-state index contributed by atoms with van der Waals surface area (Å²) < 4.78 is 24.9. The van der Waals surface area contributed by atoms with E-state index in [1.54, 1.807) is 15.8 Å². The lowest BCUT2D eigenvalue weighted by molar-refractivity contribution is -0.134. The summed E-state index contributed by atoms with van der Waals surface area (Å²) >= 11 is 0. The van der Waals surface area contributed by atoms with Gasteiger partial charge in [0.1, 0.15) is 5.25 Å². The molecule has 7 heteroatoms. The van der Waals surface area contributed by atoms with E-state index in [1.165, 1.54) is 6.92 Å². The molecule has 1 saturated heterocycles. The van der Waals surface area contributed by atoms with Gasteiger partial charge in [-0.1, -0.05) is 0 Å². The number of sulfone groups is 1. The fourth-order valence-corrected chi connectivity index (χ4v) is 3.02. The van der Waals surface area contributed by atoms with Gasteiger partial charge in [-0.3, -0.25) is 9.48 Å². The van der Waals surface area contributed by atoms with Crippen molar-refractivity contribution in [2.45, 2.75) is 44.0 Å². The highest BCUT2D eigenvalue weighted by molar-refractivity contribution is 7.92. The first-order chi connectivity index (χ1) is 9.39. The monoisotopic (exact) mass is 299 g/mol. The Balaban J connectivity index is 2.12. The van der Waals surface area contributed by atoms with E-state index in [1.807, 2.05) is 12.3 Å². The summed E-state index contributed by atoms with van der Waals surface area (Å²) in [6.45, 7) is 2.72. The summed E-state index contributed by atoms with van der Waals surface area (Å²) in [7, 11) is -3.35. The smallest absolute Gasteiger partial charge is 0.240 e. The van der Waals surface area contributed by atoms with Gasteiger partial charge in [-0.2, -0.15) is 5.10 Å². The van der Waals surface area contributed by atoms with E-state index >= 15 is 0 Å². The molecule has 1 aromatic heterocycles. The van der Waals surface area contributed by atoms with Crippen LogP contribution in [-0.4, -0.2) is 53.1 Å². The third-order valence-corrected chi connectivity index (χ3v) is 5.34. The fourth-order valence-electron chi connectivity index (χ4n) is 2.52. The molecule has 0 spiro atoms. The number of hydrogen-bond acceptors (Lipinski definition) is 4. The molecule has 2 rings (SSSR count). The van der Waals surface area contributed by atoms with Crippen molar-refractivity contribution in [1.29, 1.82) is 0 Å². The lowest BCUT2D eigenvalue weighted by Crippen LogP contribution is -2.50. The highest BCUT2D eigenvalue weighted by Crippen LogP contribution is 2.20. The molecule has 1 aliphatic heterocycles. The molecule has 0 bridgehead atoms.